The Morgan fingerprint density at radius 2 is 1.64 bits per heavy atom. The monoisotopic (exact) mass is 257 g/mol. The first kappa shape index (κ1) is 11.4. The molecule has 0 unspecified atom stereocenters. The summed E-state index contributed by atoms with van der Waals surface area (Å²) in [5.41, 5.74) is 0. The molecule has 1 rings (SSSR count). The van der Waals surface area contributed by atoms with E-state index in [9.17, 15) is 23.8 Å². The Hall–Kier alpha value is -0.630. The van der Waals surface area contributed by atoms with Crippen LogP contribution in [0.3, 0.4) is 0 Å². The van der Waals surface area contributed by atoms with Gasteiger partial charge >= 0.3 is 10.2 Å². The van der Waals surface area contributed by atoms with Gasteiger partial charge in [-0.3, -0.25) is 0 Å². The molecule has 0 radical (unpaired) electrons. The van der Waals surface area contributed by atoms with E-state index in [4.69, 9.17) is 11.6 Å². The minimum Gasteiger partial charge on any atom is -0.225 e. The zero-order valence-corrected chi connectivity index (χ0v) is 7.73. The molecule has 0 spiro atoms. The molecular weight excluding hydrogens is 256 g/mol. The molecule has 0 atom stereocenters. The van der Waals surface area contributed by atoms with Gasteiger partial charge in [0.25, 0.3) is 0 Å². The molecule has 0 fully saturated rings. The molecule has 1 aromatic heterocycles. The SMILES string of the molecule is Fc1ncc(Cl)cc1S(F)(F)(F)(F)F. The van der Waals surface area contributed by atoms with E-state index in [-0.39, 0.29) is 6.07 Å². The second-order valence-electron chi connectivity index (χ2n) is 2.41. The predicted octanol–water partition coefficient (Wildman–Crippen LogP) is 4.53. The van der Waals surface area contributed by atoms with Gasteiger partial charge in [0.05, 0.1) is 5.02 Å². The lowest BCUT2D eigenvalue weighted by Gasteiger charge is -2.40. The molecule has 0 aliphatic heterocycles. The highest BCUT2D eigenvalue weighted by Crippen LogP contribution is 3.02. The number of rotatable bonds is 1. The third-order valence-electron chi connectivity index (χ3n) is 1.19. The maximum absolute atomic E-state index is 12.4. The molecule has 0 aliphatic rings. The summed E-state index contributed by atoms with van der Waals surface area (Å²) in [4.78, 5) is -0.230. The van der Waals surface area contributed by atoms with Crippen molar-refractivity contribution >= 4 is 21.8 Å². The number of halogens is 7. The number of hydrogen-bond donors (Lipinski definition) is 0. The molecule has 1 aromatic rings. The smallest absolute Gasteiger partial charge is 0.225 e. The van der Waals surface area contributed by atoms with Crippen LogP contribution in [0.4, 0.5) is 23.8 Å². The lowest BCUT2D eigenvalue weighted by Crippen LogP contribution is -2.09. The number of hydrogen-bond acceptors (Lipinski definition) is 1. The molecular formula is C5H2ClF6NS. The fourth-order valence-corrected chi connectivity index (χ4v) is 1.62. The van der Waals surface area contributed by atoms with E-state index < -0.39 is 26.1 Å². The van der Waals surface area contributed by atoms with Crippen molar-refractivity contribution in [1.29, 1.82) is 0 Å². The van der Waals surface area contributed by atoms with Gasteiger partial charge in [-0.15, -0.1) is 0 Å². The van der Waals surface area contributed by atoms with Crippen LogP contribution < -0.4 is 0 Å². The van der Waals surface area contributed by atoms with Gasteiger partial charge in [0, 0.05) is 6.20 Å². The minimum atomic E-state index is -10.0. The largest absolute Gasteiger partial charge is 0.314 e. The topological polar surface area (TPSA) is 12.9 Å². The first-order valence-corrected chi connectivity index (χ1v) is 5.28. The summed E-state index contributed by atoms with van der Waals surface area (Å²) in [5, 5.41) is -0.713. The van der Waals surface area contributed by atoms with E-state index in [0.29, 0.717) is 6.20 Å². The summed E-state index contributed by atoms with van der Waals surface area (Å²) < 4.78 is 72.7. The van der Waals surface area contributed by atoms with Crippen LogP contribution in [0.2, 0.25) is 5.02 Å². The normalized spacial score (nSPS) is 17.4. The van der Waals surface area contributed by atoms with E-state index in [1.54, 1.807) is 0 Å². The summed E-state index contributed by atoms with van der Waals surface area (Å²) in [7, 11) is -10.0. The van der Waals surface area contributed by atoms with Crippen LogP contribution in [0, 0.1) is 5.95 Å². The summed E-state index contributed by atoms with van der Waals surface area (Å²) in [6.07, 6.45) is 0.504. The molecule has 0 saturated carbocycles. The Kier molecular flexibility index (Phi) is 1.88. The summed E-state index contributed by atoms with van der Waals surface area (Å²) in [6, 6.07) is -0.189. The second kappa shape index (κ2) is 2.30. The van der Waals surface area contributed by atoms with Gasteiger partial charge in [-0.1, -0.05) is 31.0 Å². The van der Waals surface area contributed by atoms with E-state index in [1.165, 1.54) is 0 Å². The van der Waals surface area contributed by atoms with Crippen molar-refractivity contribution in [3.05, 3.63) is 23.2 Å². The fourth-order valence-electron chi connectivity index (χ4n) is 0.675. The van der Waals surface area contributed by atoms with Crippen molar-refractivity contribution in [3.8, 4) is 0 Å². The van der Waals surface area contributed by atoms with Crippen LogP contribution in [0.25, 0.3) is 0 Å². The molecule has 1 nitrogen and oxygen atoms in total. The van der Waals surface area contributed by atoms with Gasteiger partial charge in [-0.25, -0.2) is 4.98 Å². The highest BCUT2D eigenvalue weighted by atomic mass is 35.5. The van der Waals surface area contributed by atoms with Crippen molar-refractivity contribution < 1.29 is 23.8 Å². The Bertz CT molecular complexity index is 386. The Balaban J connectivity index is 3.57. The van der Waals surface area contributed by atoms with Crippen molar-refractivity contribution in [3.63, 3.8) is 0 Å². The Morgan fingerprint density at radius 3 is 2.00 bits per heavy atom. The Labute approximate surface area is 79.4 Å². The maximum atomic E-state index is 12.4. The van der Waals surface area contributed by atoms with Crippen LogP contribution in [-0.4, -0.2) is 4.98 Å². The molecule has 0 saturated heterocycles. The first-order chi connectivity index (χ1) is 5.90. The molecule has 0 amide bonds. The second-order valence-corrected chi connectivity index (χ2v) is 5.23. The van der Waals surface area contributed by atoms with E-state index >= 15 is 0 Å². The highest BCUT2D eigenvalue weighted by Gasteiger charge is 2.67. The van der Waals surface area contributed by atoms with Gasteiger partial charge in [0.2, 0.25) is 5.95 Å². The summed E-state index contributed by atoms with van der Waals surface area (Å²) in [5.74, 6) is -2.28. The summed E-state index contributed by atoms with van der Waals surface area (Å²) in [6.45, 7) is 0. The fraction of sp³-hybridized carbons (Fsp3) is 0. The maximum Gasteiger partial charge on any atom is 0.314 e. The molecule has 0 bridgehead atoms. The molecule has 82 valence electrons. The van der Waals surface area contributed by atoms with Crippen LogP contribution in [0.5, 0.6) is 0 Å². The first-order valence-electron chi connectivity index (χ1n) is 2.95. The van der Waals surface area contributed by atoms with Crippen LogP contribution in [-0.2, 0) is 0 Å². The molecule has 14 heavy (non-hydrogen) atoms. The third kappa shape index (κ3) is 2.44. The number of nitrogens with zero attached hydrogens (tertiary/aromatic N) is 1. The van der Waals surface area contributed by atoms with Crippen molar-refractivity contribution in [1.82, 2.24) is 4.98 Å². The zero-order chi connectivity index (χ0) is 11.3. The van der Waals surface area contributed by atoms with Crippen molar-refractivity contribution in [2.45, 2.75) is 4.90 Å². The van der Waals surface area contributed by atoms with Gasteiger partial charge in [0.15, 0.2) is 4.90 Å². The zero-order valence-electron chi connectivity index (χ0n) is 6.16. The number of aromatic nitrogens is 1. The standard InChI is InChI=1S/C5H2ClF6NS/c6-3-1-4(5(7)13-2-3)14(8,9,10,11)12/h1-2H. The predicted molar refractivity (Wildman–Crippen MR) is 40.6 cm³/mol. The third-order valence-corrected chi connectivity index (χ3v) is 2.51. The van der Waals surface area contributed by atoms with Gasteiger partial charge in [0.1, 0.15) is 0 Å². The van der Waals surface area contributed by atoms with Crippen molar-refractivity contribution in [2.24, 2.45) is 0 Å². The molecule has 0 aromatic carbocycles. The molecule has 1 heterocycles. The summed E-state index contributed by atoms with van der Waals surface area (Å²) >= 11 is 5.00. The minimum absolute atomic E-state index is 0.189. The highest BCUT2D eigenvalue weighted by molar-refractivity contribution is 8.45. The van der Waals surface area contributed by atoms with Gasteiger partial charge in [-0.05, 0) is 6.07 Å². The molecule has 0 aliphatic carbocycles. The van der Waals surface area contributed by atoms with Crippen LogP contribution in [0.1, 0.15) is 0 Å². The van der Waals surface area contributed by atoms with Gasteiger partial charge < -0.3 is 0 Å². The average molecular weight is 258 g/mol. The van der Waals surface area contributed by atoms with Gasteiger partial charge in [-0.2, -0.15) is 4.39 Å². The lowest BCUT2D eigenvalue weighted by atomic mass is 10.5. The average Bonchev–Trinajstić information content (AvgIpc) is 1.89. The van der Waals surface area contributed by atoms with Crippen molar-refractivity contribution in [2.75, 3.05) is 0 Å². The van der Waals surface area contributed by atoms with Crippen LogP contribution >= 0.6 is 21.8 Å². The lowest BCUT2D eigenvalue weighted by molar-refractivity contribution is 0.352. The molecule has 0 N–H and O–H groups in total. The van der Waals surface area contributed by atoms with E-state index in [0.717, 1.165) is 0 Å². The Morgan fingerprint density at radius 1 is 1.14 bits per heavy atom. The van der Waals surface area contributed by atoms with E-state index in [2.05, 4.69) is 4.98 Å². The number of pyridine rings is 1. The van der Waals surface area contributed by atoms with Crippen LogP contribution in [0.15, 0.2) is 17.2 Å². The molecule has 9 heteroatoms. The quantitative estimate of drug-likeness (QED) is 0.532. The van der Waals surface area contributed by atoms with E-state index in [1.807, 2.05) is 0 Å².